The summed E-state index contributed by atoms with van der Waals surface area (Å²) < 4.78 is 5.43. The molecule has 5 nitrogen and oxygen atoms in total. The molecule has 0 aliphatic carbocycles. The Morgan fingerprint density at radius 1 is 1.47 bits per heavy atom. The number of primary amides is 1. The first-order valence-corrected chi connectivity index (χ1v) is 5.28. The maximum atomic E-state index is 11.5. The molecule has 0 aliphatic rings. The third-order valence-electron chi connectivity index (χ3n) is 2.11. The molecule has 0 aromatic heterocycles. The molecule has 0 heterocycles. The van der Waals surface area contributed by atoms with Gasteiger partial charge in [0, 0.05) is 0 Å². The summed E-state index contributed by atoms with van der Waals surface area (Å²) in [6, 6.07) is 7.38. The van der Waals surface area contributed by atoms with Crippen LogP contribution < -0.4 is 15.8 Å². The fraction of sp³-hybridized carbons (Fsp3) is 0.333. The third kappa shape index (κ3) is 4.55. The quantitative estimate of drug-likeness (QED) is 0.774. The Kier molecular flexibility index (Phi) is 4.51. The number of carbonyl (C=O) groups excluding carboxylic acids is 2. The number of rotatable bonds is 5. The maximum Gasteiger partial charge on any atom is 0.261 e. The van der Waals surface area contributed by atoms with Crippen molar-refractivity contribution in [3.05, 3.63) is 29.8 Å². The van der Waals surface area contributed by atoms with Crippen LogP contribution in [0.5, 0.6) is 5.75 Å². The molecule has 1 aromatic rings. The van der Waals surface area contributed by atoms with Crippen molar-refractivity contribution in [1.82, 2.24) is 5.32 Å². The number of aryl methyl sites for hydroxylation is 1. The molecule has 3 N–H and O–H groups in total. The lowest BCUT2D eigenvalue weighted by molar-refractivity contribution is -0.129. The van der Waals surface area contributed by atoms with Crippen LogP contribution in [-0.2, 0) is 9.59 Å². The van der Waals surface area contributed by atoms with Crippen molar-refractivity contribution < 1.29 is 14.3 Å². The highest BCUT2D eigenvalue weighted by molar-refractivity contribution is 5.86. The molecule has 0 radical (unpaired) electrons. The molecule has 0 bridgehead atoms. The summed E-state index contributed by atoms with van der Waals surface area (Å²) in [5.74, 6) is -0.335. The van der Waals surface area contributed by atoms with Crippen LogP contribution in [0.2, 0.25) is 0 Å². The Balaban J connectivity index is 2.51. The number of nitrogens with one attached hydrogen (secondary N) is 1. The monoisotopic (exact) mass is 236 g/mol. The van der Waals surface area contributed by atoms with Crippen LogP contribution in [0.25, 0.3) is 0 Å². The van der Waals surface area contributed by atoms with Crippen LogP contribution in [0.15, 0.2) is 24.3 Å². The number of hydrogen-bond acceptors (Lipinski definition) is 3. The number of ether oxygens (including phenoxy) is 1. The van der Waals surface area contributed by atoms with Crippen molar-refractivity contribution in [3.63, 3.8) is 0 Å². The van der Waals surface area contributed by atoms with Crippen molar-refractivity contribution in [2.24, 2.45) is 5.73 Å². The molecular formula is C12H16N2O3. The molecule has 17 heavy (non-hydrogen) atoms. The van der Waals surface area contributed by atoms with Gasteiger partial charge in [-0.2, -0.15) is 0 Å². The highest BCUT2D eigenvalue weighted by Gasteiger charge is 2.14. The summed E-state index contributed by atoms with van der Waals surface area (Å²) in [7, 11) is 0. The van der Waals surface area contributed by atoms with E-state index < -0.39 is 12.0 Å². The van der Waals surface area contributed by atoms with Gasteiger partial charge in [-0.15, -0.1) is 0 Å². The van der Waals surface area contributed by atoms with Crippen LogP contribution in [0.1, 0.15) is 12.5 Å². The Morgan fingerprint density at radius 3 is 2.76 bits per heavy atom. The Morgan fingerprint density at radius 2 is 2.18 bits per heavy atom. The molecular weight excluding hydrogens is 220 g/mol. The highest BCUT2D eigenvalue weighted by Crippen LogP contribution is 2.13. The summed E-state index contributed by atoms with van der Waals surface area (Å²) in [4.78, 5) is 22.0. The van der Waals surface area contributed by atoms with Crippen LogP contribution in [0.4, 0.5) is 0 Å². The van der Waals surface area contributed by atoms with Crippen LogP contribution in [0, 0.1) is 6.92 Å². The second-order valence-electron chi connectivity index (χ2n) is 3.76. The molecule has 5 heteroatoms. The number of benzene rings is 1. The van der Waals surface area contributed by atoms with E-state index in [2.05, 4.69) is 5.32 Å². The van der Waals surface area contributed by atoms with Crippen LogP contribution in [-0.4, -0.2) is 24.5 Å². The van der Waals surface area contributed by atoms with Gasteiger partial charge in [0.05, 0.1) is 6.54 Å². The predicted octanol–water partition coefficient (Wildman–Crippen LogP) is 0.364. The van der Waals surface area contributed by atoms with Gasteiger partial charge in [-0.05, 0) is 31.5 Å². The van der Waals surface area contributed by atoms with Gasteiger partial charge in [0.15, 0.2) is 6.10 Å². The van der Waals surface area contributed by atoms with Crippen molar-refractivity contribution >= 4 is 11.8 Å². The number of carbonyl (C=O) groups is 2. The van der Waals surface area contributed by atoms with E-state index in [1.54, 1.807) is 13.0 Å². The first kappa shape index (κ1) is 13.0. The van der Waals surface area contributed by atoms with E-state index in [1.165, 1.54) is 0 Å². The normalized spacial score (nSPS) is 11.6. The molecule has 1 aromatic carbocycles. The van der Waals surface area contributed by atoms with E-state index in [0.717, 1.165) is 5.56 Å². The van der Waals surface area contributed by atoms with E-state index in [0.29, 0.717) is 5.75 Å². The van der Waals surface area contributed by atoms with Crippen molar-refractivity contribution in [2.45, 2.75) is 20.0 Å². The van der Waals surface area contributed by atoms with Crippen molar-refractivity contribution in [2.75, 3.05) is 6.54 Å². The molecule has 2 amide bonds. The number of hydrogen-bond donors (Lipinski definition) is 2. The largest absolute Gasteiger partial charge is 0.481 e. The lowest BCUT2D eigenvalue weighted by atomic mass is 10.2. The molecule has 92 valence electrons. The molecule has 1 atom stereocenters. The third-order valence-corrected chi connectivity index (χ3v) is 2.11. The zero-order valence-corrected chi connectivity index (χ0v) is 9.90. The van der Waals surface area contributed by atoms with Gasteiger partial charge in [-0.1, -0.05) is 12.1 Å². The maximum absolute atomic E-state index is 11.5. The van der Waals surface area contributed by atoms with Gasteiger partial charge in [0.2, 0.25) is 5.91 Å². The Bertz CT molecular complexity index is 418. The SMILES string of the molecule is Cc1cccc(OC(C)C(=O)NCC(N)=O)c1. The molecule has 0 saturated carbocycles. The number of nitrogens with two attached hydrogens (primary N) is 1. The topological polar surface area (TPSA) is 81.4 Å². The molecule has 0 aliphatic heterocycles. The molecule has 1 unspecified atom stereocenters. The fourth-order valence-electron chi connectivity index (χ4n) is 1.26. The molecule has 0 spiro atoms. The minimum atomic E-state index is -0.670. The lowest BCUT2D eigenvalue weighted by Crippen LogP contribution is -2.40. The predicted molar refractivity (Wildman–Crippen MR) is 63.5 cm³/mol. The van der Waals surface area contributed by atoms with Gasteiger partial charge in [0.1, 0.15) is 5.75 Å². The molecule has 0 saturated heterocycles. The minimum absolute atomic E-state index is 0.180. The van der Waals surface area contributed by atoms with Crippen molar-refractivity contribution in [1.29, 1.82) is 0 Å². The average molecular weight is 236 g/mol. The lowest BCUT2D eigenvalue weighted by Gasteiger charge is -2.14. The van der Waals surface area contributed by atoms with E-state index >= 15 is 0 Å². The zero-order chi connectivity index (χ0) is 12.8. The van der Waals surface area contributed by atoms with Gasteiger partial charge in [-0.3, -0.25) is 9.59 Å². The van der Waals surface area contributed by atoms with Crippen LogP contribution >= 0.6 is 0 Å². The summed E-state index contributed by atoms with van der Waals surface area (Å²) in [5, 5.41) is 2.38. The summed E-state index contributed by atoms with van der Waals surface area (Å²) in [5.41, 5.74) is 5.97. The standard InChI is InChI=1S/C12H16N2O3/c1-8-4-3-5-10(6-8)17-9(2)12(16)14-7-11(13)15/h3-6,9H,7H2,1-2H3,(H2,13,15)(H,14,16). The Labute approximate surface area is 99.9 Å². The average Bonchev–Trinajstić information content (AvgIpc) is 2.25. The number of amides is 2. The first-order chi connectivity index (χ1) is 7.99. The first-order valence-electron chi connectivity index (χ1n) is 5.28. The molecule has 0 fully saturated rings. The van der Waals surface area contributed by atoms with Crippen LogP contribution in [0.3, 0.4) is 0 Å². The van der Waals surface area contributed by atoms with E-state index in [-0.39, 0.29) is 12.5 Å². The second-order valence-corrected chi connectivity index (χ2v) is 3.76. The second kappa shape index (κ2) is 5.89. The van der Waals surface area contributed by atoms with E-state index in [1.807, 2.05) is 25.1 Å². The Hall–Kier alpha value is -2.04. The fourth-order valence-corrected chi connectivity index (χ4v) is 1.26. The minimum Gasteiger partial charge on any atom is -0.481 e. The summed E-state index contributed by atoms with van der Waals surface area (Å²) in [6.45, 7) is 3.36. The van der Waals surface area contributed by atoms with Gasteiger partial charge >= 0.3 is 0 Å². The molecule has 1 rings (SSSR count). The summed E-state index contributed by atoms with van der Waals surface area (Å²) >= 11 is 0. The zero-order valence-electron chi connectivity index (χ0n) is 9.90. The van der Waals surface area contributed by atoms with Crippen molar-refractivity contribution in [3.8, 4) is 5.75 Å². The van der Waals surface area contributed by atoms with Gasteiger partial charge < -0.3 is 15.8 Å². The summed E-state index contributed by atoms with van der Waals surface area (Å²) in [6.07, 6.45) is -0.670. The van der Waals surface area contributed by atoms with E-state index in [9.17, 15) is 9.59 Å². The van der Waals surface area contributed by atoms with Gasteiger partial charge in [-0.25, -0.2) is 0 Å². The smallest absolute Gasteiger partial charge is 0.261 e. The van der Waals surface area contributed by atoms with Gasteiger partial charge in [0.25, 0.3) is 5.91 Å². The van der Waals surface area contributed by atoms with E-state index in [4.69, 9.17) is 10.5 Å². The highest BCUT2D eigenvalue weighted by atomic mass is 16.5.